The molecule has 0 saturated heterocycles. The highest BCUT2D eigenvalue weighted by molar-refractivity contribution is 7.89. The van der Waals surface area contributed by atoms with E-state index in [9.17, 15) is 8.42 Å². The Balaban J connectivity index is 2.16. The third-order valence-electron chi connectivity index (χ3n) is 3.72. The first-order valence-electron chi connectivity index (χ1n) is 6.58. The van der Waals surface area contributed by atoms with E-state index >= 15 is 0 Å². The van der Waals surface area contributed by atoms with Crippen LogP contribution >= 0.6 is 0 Å². The van der Waals surface area contributed by atoms with Crippen LogP contribution in [0.25, 0.3) is 0 Å². The van der Waals surface area contributed by atoms with Crippen LogP contribution in [0.1, 0.15) is 38.2 Å². The molecule has 0 bridgehead atoms. The van der Waals surface area contributed by atoms with Gasteiger partial charge in [0.05, 0.1) is 4.90 Å². The number of aryl methyl sites for hydroxylation is 1. The van der Waals surface area contributed by atoms with Crippen LogP contribution in [0.3, 0.4) is 0 Å². The van der Waals surface area contributed by atoms with Crippen molar-refractivity contribution in [3.63, 3.8) is 0 Å². The molecule has 1 aromatic carbocycles. The highest BCUT2D eigenvalue weighted by atomic mass is 32.2. The van der Waals surface area contributed by atoms with Gasteiger partial charge in [0, 0.05) is 6.04 Å². The summed E-state index contributed by atoms with van der Waals surface area (Å²) in [5.74, 6) is 0.429. The molecule has 1 N–H and O–H groups in total. The SMILES string of the molecule is Cc1cccc(S(=O)(=O)N[C@H]2CCCC[C@@H]2C)c1. The molecule has 3 nitrogen and oxygen atoms in total. The third-order valence-corrected chi connectivity index (χ3v) is 5.21. The molecule has 100 valence electrons. The van der Waals surface area contributed by atoms with E-state index in [0.717, 1.165) is 24.8 Å². The molecule has 0 aliphatic heterocycles. The van der Waals surface area contributed by atoms with Crippen LogP contribution in [0, 0.1) is 12.8 Å². The number of hydrogen-bond acceptors (Lipinski definition) is 2. The van der Waals surface area contributed by atoms with E-state index in [2.05, 4.69) is 11.6 Å². The highest BCUT2D eigenvalue weighted by Crippen LogP contribution is 2.25. The molecule has 0 unspecified atom stereocenters. The standard InChI is InChI=1S/C14H21NO2S/c1-11-6-5-8-13(10-11)18(16,17)15-14-9-4-3-7-12(14)2/h5-6,8,10,12,14-15H,3-4,7,9H2,1-2H3/t12-,14-/m0/s1. The Morgan fingerprint density at radius 2 is 1.94 bits per heavy atom. The van der Waals surface area contributed by atoms with Crippen LogP contribution in [0.5, 0.6) is 0 Å². The second-order valence-corrected chi connectivity index (χ2v) is 7.02. The summed E-state index contributed by atoms with van der Waals surface area (Å²) in [7, 11) is -3.37. The van der Waals surface area contributed by atoms with Crippen molar-refractivity contribution in [1.29, 1.82) is 0 Å². The van der Waals surface area contributed by atoms with Gasteiger partial charge in [-0.3, -0.25) is 0 Å². The molecule has 0 spiro atoms. The van der Waals surface area contributed by atoms with Crippen LogP contribution in [0.4, 0.5) is 0 Å². The van der Waals surface area contributed by atoms with Gasteiger partial charge in [0.2, 0.25) is 10.0 Å². The molecule has 1 aliphatic carbocycles. The fraction of sp³-hybridized carbons (Fsp3) is 0.571. The molecule has 4 heteroatoms. The molecule has 18 heavy (non-hydrogen) atoms. The minimum Gasteiger partial charge on any atom is -0.208 e. The Bertz CT molecular complexity index is 510. The second-order valence-electron chi connectivity index (χ2n) is 5.31. The molecule has 0 heterocycles. The van der Waals surface area contributed by atoms with E-state index < -0.39 is 10.0 Å². The van der Waals surface area contributed by atoms with E-state index in [0.29, 0.717) is 10.8 Å². The third kappa shape index (κ3) is 3.12. The highest BCUT2D eigenvalue weighted by Gasteiger charge is 2.26. The van der Waals surface area contributed by atoms with Gasteiger partial charge in [0.1, 0.15) is 0 Å². The molecule has 2 atom stereocenters. The van der Waals surface area contributed by atoms with Crippen molar-refractivity contribution in [2.24, 2.45) is 5.92 Å². The minimum atomic E-state index is -3.37. The summed E-state index contributed by atoms with van der Waals surface area (Å²) in [6.45, 7) is 4.03. The Morgan fingerprint density at radius 1 is 1.22 bits per heavy atom. The average molecular weight is 267 g/mol. The smallest absolute Gasteiger partial charge is 0.208 e. The van der Waals surface area contributed by atoms with Gasteiger partial charge in [0.25, 0.3) is 0 Å². The van der Waals surface area contributed by atoms with Crippen molar-refractivity contribution in [3.05, 3.63) is 29.8 Å². The maximum absolute atomic E-state index is 12.3. The van der Waals surface area contributed by atoms with Crippen molar-refractivity contribution in [1.82, 2.24) is 4.72 Å². The number of rotatable bonds is 3. The van der Waals surface area contributed by atoms with Crippen molar-refractivity contribution >= 4 is 10.0 Å². The van der Waals surface area contributed by atoms with E-state index in [1.54, 1.807) is 18.2 Å². The van der Waals surface area contributed by atoms with Gasteiger partial charge in [-0.2, -0.15) is 0 Å². The lowest BCUT2D eigenvalue weighted by Crippen LogP contribution is -2.40. The van der Waals surface area contributed by atoms with E-state index in [4.69, 9.17) is 0 Å². The number of benzene rings is 1. The maximum Gasteiger partial charge on any atom is 0.240 e. The monoisotopic (exact) mass is 267 g/mol. The zero-order valence-electron chi connectivity index (χ0n) is 11.0. The zero-order chi connectivity index (χ0) is 13.2. The molecular weight excluding hydrogens is 246 g/mol. The lowest BCUT2D eigenvalue weighted by Gasteiger charge is -2.29. The molecular formula is C14H21NO2S. The number of hydrogen-bond donors (Lipinski definition) is 1. The Morgan fingerprint density at radius 3 is 2.61 bits per heavy atom. The fourth-order valence-corrected chi connectivity index (χ4v) is 4.02. The summed E-state index contributed by atoms with van der Waals surface area (Å²) in [6.07, 6.45) is 4.39. The lowest BCUT2D eigenvalue weighted by molar-refractivity contribution is 0.310. The van der Waals surface area contributed by atoms with E-state index in [1.165, 1.54) is 6.42 Å². The molecule has 2 rings (SSSR count). The Labute approximate surface area is 110 Å². The van der Waals surface area contributed by atoms with E-state index in [-0.39, 0.29) is 6.04 Å². The topological polar surface area (TPSA) is 46.2 Å². The minimum absolute atomic E-state index is 0.0873. The summed E-state index contributed by atoms with van der Waals surface area (Å²) in [5, 5.41) is 0. The van der Waals surface area contributed by atoms with Crippen molar-refractivity contribution in [2.75, 3.05) is 0 Å². The predicted molar refractivity (Wildman–Crippen MR) is 72.9 cm³/mol. The molecule has 0 amide bonds. The maximum atomic E-state index is 12.3. The molecule has 1 fully saturated rings. The van der Waals surface area contributed by atoms with Crippen LogP contribution in [-0.2, 0) is 10.0 Å². The second kappa shape index (κ2) is 5.41. The van der Waals surface area contributed by atoms with Crippen LogP contribution in [0.2, 0.25) is 0 Å². The fourth-order valence-electron chi connectivity index (χ4n) is 2.54. The summed E-state index contributed by atoms with van der Waals surface area (Å²) in [4.78, 5) is 0.375. The molecule has 0 aromatic heterocycles. The first-order chi connectivity index (χ1) is 8.49. The van der Waals surface area contributed by atoms with Gasteiger partial charge in [-0.05, 0) is 43.4 Å². The van der Waals surface area contributed by atoms with Crippen LogP contribution in [-0.4, -0.2) is 14.5 Å². The van der Waals surface area contributed by atoms with Gasteiger partial charge in [-0.1, -0.05) is 31.9 Å². The summed E-state index contributed by atoms with van der Waals surface area (Å²) in [5.41, 5.74) is 0.967. The van der Waals surface area contributed by atoms with Gasteiger partial charge in [-0.15, -0.1) is 0 Å². The largest absolute Gasteiger partial charge is 0.240 e. The summed E-state index contributed by atoms with van der Waals surface area (Å²) >= 11 is 0. The van der Waals surface area contributed by atoms with Gasteiger partial charge >= 0.3 is 0 Å². The Kier molecular flexibility index (Phi) is 4.07. The molecule has 1 aliphatic rings. The van der Waals surface area contributed by atoms with Crippen molar-refractivity contribution < 1.29 is 8.42 Å². The lowest BCUT2D eigenvalue weighted by atomic mass is 9.87. The first kappa shape index (κ1) is 13.6. The van der Waals surface area contributed by atoms with Crippen molar-refractivity contribution in [2.45, 2.75) is 50.5 Å². The number of nitrogens with one attached hydrogen (secondary N) is 1. The molecule has 1 aromatic rings. The summed E-state index contributed by atoms with van der Waals surface area (Å²) in [6, 6.07) is 7.15. The molecule has 0 radical (unpaired) electrons. The zero-order valence-corrected chi connectivity index (χ0v) is 11.8. The average Bonchev–Trinajstić information content (AvgIpc) is 2.32. The number of sulfonamides is 1. The predicted octanol–water partition coefficient (Wildman–Crippen LogP) is 2.85. The molecule has 1 saturated carbocycles. The van der Waals surface area contributed by atoms with Gasteiger partial charge in [-0.25, -0.2) is 13.1 Å². The van der Waals surface area contributed by atoms with E-state index in [1.807, 2.05) is 13.0 Å². The normalized spacial score (nSPS) is 25.0. The van der Waals surface area contributed by atoms with Gasteiger partial charge in [0.15, 0.2) is 0 Å². The van der Waals surface area contributed by atoms with Crippen LogP contribution in [0.15, 0.2) is 29.2 Å². The van der Waals surface area contributed by atoms with Crippen LogP contribution < -0.4 is 4.72 Å². The van der Waals surface area contributed by atoms with Crippen molar-refractivity contribution in [3.8, 4) is 0 Å². The first-order valence-corrected chi connectivity index (χ1v) is 8.06. The Hall–Kier alpha value is -0.870. The van der Waals surface area contributed by atoms with Gasteiger partial charge < -0.3 is 0 Å². The quantitative estimate of drug-likeness (QED) is 0.915. The summed E-state index contributed by atoms with van der Waals surface area (Å²) < 4.78 is 27.4.